The average molecular weight is 275 g/mol. The number of rotatable bonds is 8. The Labute approximate surface area is 116 Å². The van der Waals surface area contributed by atoms with E-state index in [2.05, 4.69) is 16.9 Å². The lowest BCUT2D eigenvalue weighted by Gasteiger charge is -2.05. The number of pyridine rings is 1. The molecule has 0 fully saturated rings. The molecule has 106 valence electrons. The molecule has 0 bridgehead atoms. The first-order valence-corrected chi connectivity index (χ1v) is 6.37. The van der Waals surface area contributed by atoms with E-state index in [1.54, 1.807) is 28.8 Å². The first kappa shape index (κ1) is 14.1. The molecule has 0 saturated carbocycles. The number of imidazole rings is 1. The van der Waals surface area contributed by atoms with Crippen LogP contribution in [0.4, 0.5) is 5.82 Å². The molecule has 0 saturated heterocycles. The van der Waals surface area contributed by atoms with Crippen LogP contribution in [0.5, 0.6) is 0 Å². The fraction of sp³-hybridized carbons (Fsp3) is 0.286. The second-order valence-corrected chi connectivity index (χ2v) is 4.16. The van der Waals surface area contributed by atoms with Gasteiger partial charge < -0.3 is 15.2 Å². The minimum Gasteiger partial charge on any atom is -0.476 e. The quantitative estimate of drug-likeness (QED) is 0.569. The number of hydrogen-bond acceptors (Lipinski definition) is 4. The SMILES string of the molecule is C=CCCOCCNc1nc2ccccn2c1C(=O)O. The van der Waals surface area contributed by atoms with Gasteiger partial charge >= 0.3 is 5.97 Å². The second-order valence-electron chi connectivity index (χ2n) is 4.16. The molecule has 0 amide bonds. The Morgan fingerprint density at radius 1 is 1.50 bits per heavy atom. The van der Waals surface area contributed by atoms with Crippen LogP contribution < -0.4 is 5.32 Å². The maximum atomic E-state index is 11.3. The van der Waals surface area contributed by atoms with Gasteiger partial charge in [-0.2, -0.15) is 0 Å². The summed E-state index contributed by atoms with van der Waals surface area (Å²) in [5, 5.41) is 12.3. The van der Waals surface area contributed by atoms with Crippen LogP contribution in [0.25, 0.3) is 5.65 Å². The van der Waals surface area contributed by atoms with Gasteiger partial charge in [0.25, 0.3) is 0 Å². The number of nitrogens with zero attached hydrogens (tertiary/aromatic N) is 2. The molecule has 2 aromatic heterocycles. The summed E-state index contributed by atoms with van der Waals surface area (Å²) < 4.78 is 6.90. The molecule has 6 heteroatoms. The zero-order chi connectivity index (χ0) is 14.4. The normalized spacial score (nSPS) is 10.6. The molecule has 0 radical (unpaired) electrons. The summed E-state index contributed by atoms with van der Waals surface area (Å²) in [5.41, 5.74) is 0.728. The number of hydrogen-bond donors (Lipinski definition) is 2. The van der Waals surface area contributed by atoms with Crippen molar-refractivity contribution in [3.63, 3.8) is 0 Å². The van der Waals surface area contributed by atoms with E-state index in [-0.39, 0.29) is 5.69 Å². The summed E-state index contributed by atoms with van der Waals surface area (Å²) in [6.45, 7) is 5.21. The number of anilines is 1. The maximum absolute atomic E-state index is 11.3. The Hall–Kier alpha value is -2.34. The highest BCUT2D eigenvalue weighted by molar-refractivity contribution is 5.92. The first-order chi connectivity index (χ1) is 9.74. The van der Waals surface area contributed by atoms with Crippen molar-refractivity contribution in [2.75, 3.05) is 25.1 Å². The molecule has 0 spiro atoms. The van der Waals surface area contributed by atoms with Gasteiger partial charge in [0.1, 0.15) is 5.65 Å². The highest BCUT2D eigenvalue weighted by Gasteiger charge is 2.17. The standard InChI is InChI=1S/C14H17N3O3/c1-2-3-9-20-10-7-15-13-12(14(18)19)17-8-5-4-6-11(17)16-13/h2,4-6,8,15H,1,3,7,9-10H2,(H,18,19). The lowest BCUT2D eigenvalue weighted by atomic mass is 10.4. The van der Waals surface area contributed by atoms with Crippen LogP contribution in [0.1, 0.15) is 16.9 Å². The van der Waals surface area contributed by atoms with Crippen LogP contribution in [-0.2, 0) is 4.74 Å². The molecule has 0 aliphatic heterocycles. The van der Waals surface area contributed by atoms with E-state index in [1.807, 2.05) is 6.07 Å². The van der Waals surface area contributed by atoms with Gasteiger partial charge in [-0.15, -0.1) is 6.58 Å². The van der Waals surface area contributed by atoms with E-state index < -0.39 is 5.97 Å². The van der Waals surface area contributed by atoms with Crippen molar-refractivity contribution in [2.24, 2.45) is 0 Å². The van der Waals surface area contributed by atoms with Gasteiger partial charge in [-0.25, -0.2) is 9.78 Å². The summed E-state index contributed by atoms with van der Waals surface area (Å²) in [4.78, 5) is 15.6. The monoisotopic (exact) mass is 275 g/mol. The minimum atomic E-state index is -1.02. The van der Waals surface area contributed by atoms with Crippen LogP contribution in [0, 0.1) is 0 Å². The van der Waals surface area contributed by atoms with E-state index in [4.69, 9.17) is 4.74 Å². The number of carboxylic acids is 1. The Bertz CT molecular complexity index is 607. The second kappa shape index (κ2) is 6.72. The van der Waals surface area contributed by atoms with Crippen molar-refractivity contribution < 1.29 is 14.6 Å². The predicted octanol–water partition coefficient (Wildman–Crippen LogP) is 2.04. The third-order valence-corrected chi connectivity index (χ3v) is 2.74. The Balaban J connectivity index is 2.04. The molecule has 2 aromatic rings. The van der Waals surface area contributed by atoms with Crippen LogP contribution in [0.2, 0.25) is 0 Å². The summed E-state index contributed by atoms with van der Waals surface area (Å²) >= 11 is 0. The number of ether oxygens (including phenoxy) is 1. The minimum absolute atomic E-state index is 0.131. The molecule has 2 heterocycles. The summed E-state index contributed by atoms with van der Waals surface area (Å²) in [7, 11) is 0. The van der Waals surface area contributed by atoms with Crippen molar-refractivity contribution in [2.45, 2.75) is 6.42 Å². The number of aromatic carboxylic acids is 1. The van der Waals surface area contributed by atoms with Crippen molar-refractivity contribution >= 4 is 17.4 Å². The number of carbonyl (C=O) groups is 1. The zero-order valence-corrected chi connectivity index (χ0v) is 11.1. The molecule has 0 aliphatic rings. The molecule has 0 unspecified atom stereocenters. The smallest absolute Gasteiger partial charge is 0.356 e. The van der Waals surface area contributed by atoms with Gasteiger partial charge in [-0.05, 0) is 18.6 Å². The van der Waals surface area contributed by atoms with E-state index >= 15 is 0 Å². The van der Waals surface area contributed by atoms with Crippen molar-refractivity contribution in [3.8, 4) is 0 Å². The number of nitrogens with one attached hydrogen (secondary N) is 1. The zero-order valence-electron chi connectivity index (χ0n) is 11.1. The Morgan fingerprint density at radius 2 is 2.35 bits per heavy atom. The molecular formula is C14H17N3O3. The molecular weight excluding hydrogens is 258 g/mol. The fourth-order valence-electron chi connectivity index (χ4n) is 1.83. The van der Waals surface area contributed by atoms with E-state index in [9.17, 15) is 9.90 Å². The van der Waals surface area contributed by atoms with Crippen molar-refractivity contribution in [3.05, 3.63) is 42.7 Å². The molecule has 0 atom stereocenters. The van der Waals surface area contributed by atoms with Crippen LogP contribution >= 0.6 is 0 Å². The summed E-state index contributed by atoms with van der Waals surface area (Å²) in [5.74, 6) is -0.658. The molecule has 0 aromatic carbocycles. The van der Waals surface area contributed by atoms with E-state index in [0.29, 0.717) is 31.2 Å². The highest BCUT2D eigenvalue weighted by Crippen LogP contribution is 2.17. The average Bonchev–Trinajstić information content (AvgIpc) is 2.81. The Kier molecular flexibility index (Phi) is 4.73. The first-order valence-electron chi connectivity index (χ1n) is 6.37. The van der Waals surface area contributed by atoms with Crippen LogP contribution in [0.3, 0.4) is 0 Å². The van der Waals surface area contributed by atoms with Crippen molar-refractivity contribution in [1.82, 2.24) is 9.38 Å². The third kappa shape index (κ3) is 3.16. The van der Waals surface area contributed by atoms with E-state index in [0.717, 1.165) is 6.42 Å². The lowest BCUT2D eigenvalue weighted by Crippen LogP contribution is -2.13. The molecule has 6 nitrogen and oxygen atoms in total. The van der Waals surface area contributed by atoms with Crippen LogP contribution in [0.15, 0.2) is 37.1 Å². The largest absolute Gasteiger partial charge is 0.476 e. The summed E-state index contributed by atoms with van der Waals surface area (Å²) in [6.07, 6.45) is 4.27. The number of aromatic nitrogens is 2. The fourth-order valence-corrected chi connectivity index (χ4v) is 1.83. The lowest BCUT2D eigenvalue weighted by molar-refractivity contribution is 0.0690. The maximum Gasteiger partial charge on any atom is 0.356 e. The summed E-state index contributed by atoms with van der Waals surface area (Å²) in [6, 6.07) is 5.34. The topological polar surface area (TPSA) is 75.9 Å². The molecule has 2 rings (SSSR count). The van der Waals surface area contributed by atoms with Gasteiger partial charge in [-0.1, -0.05) is 12.1 Å². The third-order valence-electron chi connectivity index (χ3n) is 2.74. The number of carboxylic acid groups (broad SMARTS) is 1. The van der Waals surface area contributed by atoms with Gasteiger partial charge in [0.05, 0.1) is 13.2 Å². The molecule has 20 heavy (non-hydrogen) atoms. The van der Waals surface area contributed by atoms with Gasteiger partial charge in [-0.3, -0.25) is 4.40 Å². The molecule has 0 aliphatic carbocycles. The van der Waals surface area contributed by atoms with Crippen LogP contribution in [-0.4, -0.2) is 40.2 Å². The predicted molar refractivity (Wildman–Crippen MR) is 76.3 cm³/mol. The van der Waals surface area contributed by atoms with Gasteiger partial charge in [0, 0.05) is 12.7 Å². The van der Waals surface area contributed by atoms with E-state index in [1.165, 1.54) is 0 Å². The number of fused-ring (bicyclic) bond motifs is 1. The highest BCUT2D eigenvalue weighted by atomic mass is 16.5. The van der Waals surface area contributed by atoms with Gasteiger partial charge in [0.15, 0.2) is 11.5 Å². The van der Waals surface area contributed by atoms with Crippen molar-refractivity contribution in [1.29, 1.82) is 0 Å². The van der Waals surface area contributed by atoms with Gasteiger partial charge in [0.2, 0.25) is 0 Å². The molecule has 2 N–H and O–H groups in total. The Morgan fingerprint density at radius 3 is 3.10 bits per heavy atom.